The average molecular weight is 334 g/mol. The number of hydrogen-bond donors (Lipinski definition) is 2. The van der Waals surface area contributed by atoms with Crippen LogP contribution in [0.3, 0.4) is 0 Å². The molecule has 0 aromatic carbocycles. The van der Waals surface area contributed by atoms with Crippen LogP contribution in [0.15, 0.2) is 4.52 Å². The van der Waals surface area contributed by atoms with E-state index in [1.54, 1.807) is 0 Å². The molecule has 1 atom stereocenters. The minimum absolute atomic E-state index is 0.142. The van der Waals surface area contributed by atoms with Crippen molar-refractivity contribution < 1.29 is 14.1 Å². The molecule has 0 unspecified atom stereocenters. The van der Waals surface area contributed by atoms with Crippen LogP contribution in [0.2, 0.25) is 0 Å². The Morgan fingerprint density at radius 3 is 2.71 bits per heavy atom. The van der Waals surface area contributed by atoms with E-state index in [-0.39, 0.29) is 12.1 Å². The van der Waals surface area contributed by atoms with Crippen molar-refractivity contribution in [3.05, 3.63) is 11.7 Å². The molecule has 3 aliphatic rings. The van der Waals surface area contributed by atoms with Crippen LogP contribution in [-0.4, -0.2) is 35.4 Å². The van der Waals surface area contributed by atoms with Crippen molar-refractivity contribution in [1.82, 2.24) is 20.8 Å². The predicted octanol–water partition coefficient (Wildman–Crippen LogP) is 2.58. The van der Waals surface area contributed by atoms with Crippen LogP contribution in [-0.2, 0) is 10.3 Å². The van der Waals surface area contributed by atoms with Crippen LogP contribution in [0.4, 0.5) is 4.79 Å². The number of carbonyl (C=O) groups is 1. The number of nitrogens with zero attached hydrogens (tertiary/aromatic N) is 2. The molecule has 2 saturated carbocycles. The van der Waals surface area contributed by atoms with Gasteiger partial charge < -0.3 is 19.9 Å². The van der Waals surface area contributed by atoms with E-state index in [0.29, 0.717) is 18.4 Å². The standard InChI is InChI=1S/C17H26N4O3/c22-16(18-11-13-5-4-10-23-13)20-17(8-2-1-3-9-17)15-19-14(21-24-15)12-6-7-12/h12-13H,1-11H2,(H2,18,20,22)/t13-/m1/s1. The first-order valence-electron chi connectivity index (χ1n) is 9.27. The van der Waals surface area contributed by atoms with Gasteiger partial charge in [-0.05, 0) is 38.5 Å². The van der Waals surface area contributed by atoms with Gasteiger partial charge in [0.15, 0.2) is 5.82 Å². The second-order valence-corrected chi connectivity index (χ2v) is 7.34. The minimum atomic E-state index is -0.515. The van der Waals surface area contributed by atoms with Gasteiger partial charge in [0.2, 0.25) is 0 Å². The molecule has 132 valence electrons. The molecule has 0 bridgehead atoms. The summed E-state index contributed by atoms with van der Waals surface area (Å²) in [5.41, 5.74) is -0.515. The number of urea groups is 1. The Morgan fingerprint density at radius 2 is 2.00 bits per heavy atom. The fourth-order valence-corrected chi connectivity index (χ4v) is 3.76. The van der Waals surface area contributed by atoms with Gasteiger partial charge in [0.25, 0.3) is 5.89 Å². The van der Waals surface area contributed by atoms with Gasteiger partial charge in [0.05, 0.1) is 6.10 Å². The quantitative estimate of drug-likeness (QED) is 0.864. The fraction of sp³-hybridized carbons (Fsp3) is 0.824. The van der Waals surface area contributed by atoms with E-state index in [4.69, 9.17) is 9.26 Å². The Labute approximate surface area is 141 Å². The van der Waals surface area contributed by atoms with E-state index in [9.17, 15) is 4.79 Å². The molecular formula is C17H26N4O3. The highest BCUT2D eigenvalue weighted by molar-refractivity contribution is 5.75. The minimum Gasteiger partial charge on any atom is -0.376 e. The topological polar surface area (TPSA) is 89.3 Å². The SMILES string of the molecule is O=C(NC[C@H]1CCCO1)NC1(c2nc(C3CC3)no2)CCCCC1. The van der Waals surface area contributed by atoms with Crippen molar-refractivity contribution in [3.8, 4) is 0 Å². The zero-order valence-corrected chi connectivity index (χ0v) is 14.1. The molecular weight excluding hydrogens is 308 g/mol. The third-order valence-electron chi connectivity index (χ3n) is 5.37. The molecule has 0 radical (unpaired) electrons. The summed E-state index contributed by atoms with van der Waals surface area (Å²) in [6.45, 7) is 1.35. The molecule has 2 N–H and O–H groups in total. The average Bonchev–Trinajstić information content (AvgIpc) is 3.12. The molecule has 2 aliphatic carbocycles. The van der Waals surface area contributed by atoms with Crippen molar-refractivity contribution in [2.24, 2.45) is 0 Å². The van der Waals surface area contributed by atoms with Gasteiger partial charge in [-0.2, -0.15) is 4.98 Å². The number of rotatable bonds is 5. The molecule has 7 nitrogen and oxygen atoms in total. The summed E-state index contributed by atoms with van der Waals surface area (Å²) >= 11 is 0. The van der Waals surface area contributed by atoms with Gasteiger partial charge >= 0.3 is 6.03 Å². The Kier molecular flexibility index (Phi) is 4.43. The molecule has 24 heavy (non-hydrogen) atoms. The first kappa shape index (κ1) is 15.9. The number of amides is 2. The molecule has 1 aromatic heterocycles. The van der Waals surface area contributed by atoms with E-state index >= 15 is 0 Å². The molecule has 1 aliphatic heterocycles. The van der Waals surface area contributed by atoms with Crippen molar-refractivity contribution in [1.29, 1.82) is 0 Å². The van der Waals surface area contributed by atoms with Crippen LogP contribution in [0, 0.1) is 0 Å². The zero-order chi connectivity index (χ0) is 16.4. The molecule has 7 heteroatoms. The van der Waals surface area contributed by atoms with E-state index in [1.807, 2.05) is 0 Å². The first-order valence-corrected chi connectivity index (χ1v) is 9.27. The van der Waals surface area contributed by atoms with Crippen molar-refractivity contribution in [2.45, 2.75) is 75.3 Å². The van der Waals surface area contributed by atoms with Gasteiger partial charge in [-0.3, -0.25) is 0 Å². The lowest BCUT2D eigenvalue weighted by atomic mass is 9.81. The third-order valence-corrected chi connectivity index (χ3v) is 5.37. The molecule has 1 saturated heterocycles. The van der Waals surface area contributed by atoms with E-state index in [0.717, 1.165) is 63.8 Å². The van der Waals surface area contributed by atoms with Crippen LogP contribution in [0.1, 0.15) is 75.4 Å². The molecule has 3 fully saturated rings. The molecule has 2 heterocycles. The maximum Gasteiger partial charge on any atom is 0.315 e. The third kappa shape index (κ3) is 3.41. The van der Waals surface area contributed by atoms with Gasteiger partial charge in [-0.25, -0.2) is 4.79 Å². The summed E-state index contributed by atoms with van der Waals surface area (Å²) < 4.78 is 11.1. The van der Waals surface area contributed by atoms with Crippen LogP contribution in [0.5, 0.6) is 0 Å². The Morgan fingerprint density at radius 1 is 1.17 bits per heavy atom. The maximum absolute atomic E-state index is 12.4. The second kappa shape index (κ2) is 6.70. The largest absolute Gasteiger partial charge is 0.376 e. The fourth-order valence-electron chi connectivity index (χ4n) is 3.76. The highest BCUT2D eigenvalue weighted by atomic mass is 16.5. The monoisotopic (exact) mass is 334 g/mol. The summed E-state index contributed by atoms with van der Waals surface area (Å²) in [4.78, 5) is 17.0. The Hall–Kier alpha value is -1.63. The van der Waals surface area contributed by atoms with Gasteiger partial charge in [0, 0.05) is 19.1 Å². The van der Waals surface area contributed by atoms with Crippen molar-refractivity contribution in [2.75, 3.05) is 13.2 Å². The van der Waals surface area contributed by atoms with Crippen LogP contribution >= 0.6 is 0 Å². The number of aromatic nitrogens is 2. The summed E-state index contributed by atoms with van der Waals surface area (Å²) in [5, 5.41) is 10.2. The number of nitrogens with one attached hydrogen (secondary N) is 2. The summed E-state index contributed by atoms with van der Waals surface area (Å²) in [5.74, 6) is 1.84. The molecule has 2 amide bonds. The highest BCUT2D eigenvalue weighted by Crippen LogP contribution is 2.41. The lowest BCUT2D eigenvalue weighted by Gasteiger charge is -2.34. The lowest BCUT2D eigenvalue weighted by molar-refractivity contribution is 0.109. The zero-order valence-electron chi connectivity index (χ0n) is 14.1. The van der Waals surface area contributed by atoms with E-state index < -0.39 is 5.54 Å². The Bertz CT molecular complexity index is 572. The van der Waals surface area contributed by atoms with Gasteiger partial charge in [-0.15, -0.1) is 0 Å². The predicted molar refractivity (Wildman–Crippen MR) is 86.5 cm³/mol. The maximum atomic E-state index is 12.4. The summed E-state index contributed by atoms with van der Waals surface area (Å²) in [6.07, 6.45) is 9.53. The normalized spacial score (nSPS) is 26.2. The molecule has 0 spiro atoms. The Balaban J connectivity index is 1.42. The number of carbonyl (C=O) groups excluding carboxylic acids is 1. The highest BCUT2D eigenvalue weighted by Gasteiger charge is 2.42. The van der Waals surface area contributed by atoms with Crippen molar-refractivity contribution >= 4 is 6.03 Å². The smallest absolute Gasteiger partial charge is 0.315 e. The van der Waals surface area contributed by atoms with Crippen LogP contribution < -0.4 is 10.6 Å². The van der Waals surface area contributed by atoms with E-state index in [1.165, 1.54) is 6.42 Å². The van der Waals surface area contributed by atoms with Gasteiger partial charge in [0.1, 0.15) is 5.54 Å². The van der Waals surface area contributed by atoms with Crippen molar-refractivity contribution in [3.63, 3.8) is 0 Å². The van der Waals surface area contributed by atoms with E-state index in [2.05, 4.69) is 20.8 Å². The number of hydrogen-bond acceptors (Lipinski definition) is 5. The molecule has 4 rings (SSSR count). The van der Waals surface area contributed by atoms with Gasteiger partial charge in [-0.1, -0.05) is 24.4 Å². The lowest BCUT2D eigenvalue weighted by Crippen LogP contribution is -2.52. The first-order chi connectivity index (χ1) is 11.8. The summed E-state index contributed by atoms with van der Waals surface area (Å²) in [7, 11) is 0. The second-order valence-electron chi connectivity index (χ2n) is 7.34. The molecule has 1 aromatic rings. The summed E-state index contributed by atoms with van der Waals surface area (Å²) in [6, 6.07) is -0.168. The van der Waals surface area contributed by atoms with Crippen LogP contribution in [0.25, 0.3) is 0 Å². The number of ether oxygens (including phenoxy) is 1.